The van der Waals surface area contributed by atoms with Crippen molar-refractivity contribution in [2.75, 3.05) is 25.4 Å². The molecule has 2 aromatic heterocycles. The van der Waals surface area contributed by atoms with Gasteiger partial charge in [-0.1, -0.05) is 18.5 Å². The lowest BCUT2D eigenvalue weighted by molar-refractivity contribution is 0.244. The van der Waals surface area contributed by atoms with E-state index in [0.717, 1.165) is 11.9 Å². The number of aliphatic hydroxyl groups is 1. The Bertz CT molecular complexity index is 888. The summed E-state index contributed by atoms with van der Waals surface area (Å²) in [6.45, 7) is 2.61. The summed E-state index contributed by atoms with van der Waals surface area (Å²) >= 11 is 6.32. The van der Waals surface area contributed by atoms with E-state index >= 15 is 0 Å². The van der Waals surface area contributed by atoms with Crippen molar-refractivity contribution in [2.45, 2.75) is 25.7 Å². The molecule has 0 saturated carbocycles. The van der Waals surface area contributed by atoms with Crippen LogP contribution in [0.1, 0.15) is 31.4 Å². The third kappa shape index (κ3) is 4.48. The first-order valence-electron chi connectivity index (χ1n) is 8.78. The molecule has 0 aliphatic carbocycles. The van der Waals surface area contributed by atoms with Crippen molar-refractivity contribution in [1.82, 2.24) is 19.3 Å². The number of nitrogens with zero attached hydrogens (tertiary/aromatic N) is 3. The van der Waals surface area contributed by atoms with Crippen LogP contribution in [0, 0.1) is 11.7 Å². The number of pyridine rings is 1. The number of nitrogens with one attached hydrogen (secondary N) is 1. The molecule has 1 saturated heterocycles. The van der Waals surface area contributed by atoms with Gasteiger partial charge in [-0.15, -0.1) is 0 Å². The highest BCUT2D eigenvalue weighted by Gasteiger charge is 2.35. The van der Waals surface area contributed by atoms with Crippen molar-refractivity contribution in [2.24, 2.45) is 5.92 Å². The number of H-pyrrole nitrogens is 1. The Kier molecular flexibility index (Phi) is 6.15. The summed E-state index contributed by atoms with van der Waals surface area (Å²) in [6, 6.07) is 2.82. The Balaban J connectivity index is 1.76. The van der Waals surface area contributed by atoms with E-state index in [-0.39, 0.29) is 30.6 Å². The number of imidazole rings is 1. The molecule has 0 bridgehead atoms. The van der Waals surface area contributed by atoms with Crippen LogP contribution in [0.5, 0.6) is 0 Å². The van der Waals surface area contributed by atoms with E-state index < -0.39 is 15.8 Å². The van der Waals surface area contributed by atoms with E-state index in [1.54, 1.807) is 0 Å². The number of halogens is 2. The number of hydrogen-bond donors (Lipinski definition) is 2. The third-order valence-corrected chi connectivity index (χ3v) is 7.06. The highest BCUT2D eigenvalue weighted by atomic mass is 35.5. The van der Waals surface area contributed by atoms with Gasteiger partial charge in [0.15, 0.2) is 11.0 Å². The number of sulfonamides is 1. The van der Waals surface area contributed by atoms with E-state index in [0.29, 0.717) is 36.2 Å². The maximum Gasteiger partial charge on any atom is 0.214 e. The van der Waals surface area contributed by atoms with Crippen LogP contribution in [0.2, 0.25) is 5.15 Å². The van der Waals surface area contributed by atoms with E-state index in [1.807, 2.05) is 6.92 Å². The average Bonchev–Trinajstić information content (AvgIpc) is 3.02. The number of piperidine rings is 1. The molecule has 0 spiro atoms. The second-order valence-electron chi connectivity index (χ2n) is 6.78. The molecular weight excluding hydrogens is 395 g/mol. The fourth-order valence-electron chi connectivity index (χ4n) is 3.41. The van der Waals surface area contributed by atoms with Gasteiger partial charge in [-0.3, -0.25) is 0 Å². The predicted octanol–water partition coefficient (Wildman–Crippen LogP) is 2.40. The molecule has 1 aliphatic heterocycles. The molecule has 3 rings (SSSR count). The minimum absolute atomic E-state index is 0.0310. The van der Waals surface area contributed by atoms with Gasteiger partial charge in [0.25, 0.3) is 0 Å². The summed E-state index contributed by atoms with van der Waals surface area (Å²) in [4.78, 5) is 11.5. The Labute approximate surface area is 162 Å². The van der Waals surface area contributed by atoms with Crippen LogP contribution in [0.25, 0.3) is 11.5 Å². The molecule has 0 aromatic carbocycles. The monoisotopic (exact) mass is 416 g/mol. The lowest BCUT2D eigenvalue weighted by Crippen LogP contribution is -2.43. The Hall–Kier alpha value is -1.55. The maximum atomic E-state index is 13.1. The predicted molar refractivity (Wildman–Crippen MR) is 100 cm³/mol. The van der Waals surface area contributed by atoms with Crippen LogP contribution in [-0.2, 0) is 10.0 Å². The normalized spacial score (nSPS) is 21.5. The van der Waals surface area contributed by atoms with Gasteiger partial charge in [-0.05, 0) is 30.9 Å². The first kappa shape index (κ1) is 20.2. The van der Waals surface area contributed by atoms with Crippen LogP contribution >= 0.6 is 11.6 Å². The summed E-state index contributed by atoms with van der Waals surface area (Å²) in [5.74, 6) is 0.0462. The van der Waals surface area contributed by atoms with E-state index in [2.05, 4.69) is 15.0 Å². The van der Waals surface area contributed by atoms with Crippen molar-refractivity contribution >= 4 is 21.6 Å². The largest absolute Gasteiger partial charge is 0.396 e. The first-order valence-corrected chi connectivity index (χ1v) is 10.8. The van der Waals surface area contributed by atoms with Crippen molar-refractivity contribution in [3.63, 3.8) is 0 Å². The number of aromatic nitrogens is 3. The van der Waals surface area contributed by atoms with Gasteiger partial charge in [0.05, 0.1) is 17.6 Å². The zero-order valence-electron chi connectivity index (χ0n) is 14.9. The minimum atomic E-state index is -3.37. The zero-order chi connectivity index (χ0) is 19.6. The van der Waals surface area contributed by atoms with Crippen LogP contribution in [0.3, 0.4) is 0 Å². The molecule has 1 aliphatic rings. The highest BCUT2D eigenvalue weighted by molar-refractivity contribution is 7.89. The number of hydrogen-bond acceptors (Lipinski definition) is 5. The lowest BCUT2D eigenvalue weighted by atomic mass is 9.86. The third-order valence-electron chi connectivity index (χ3n) is 4.85. The molecule has 148 valence electrons. The molecule has 2 aromatic rings. The molecule has 2 N–H and O–H groups in total. The van der Waals surface area contributed by atoms with Gasteiger partial charge >= 0.3 is 0 Å². The fraction of sp³-hybridized carbons (Fsp3) is 0.529. The Morgan fingerprint density at radius 3 is 2.85 bits per heavy atom. The van der Waals surface area contributed by atoms with Crippen LogP contribution in [0.4, 0.5) is 4.39 Å². The lowest BCUT2D eigenvalue weighted by Gasteiger charge is -2.35. The van der Waals surface area contributed by atoms with Crippen LogP contribution in [0.15, 0.2) is 18.3 Å². The molecular formula is C17H22ClFN4O3S. The number of aromatic amines is 1. The highest BCUT2D eigenvalue weighted by Crippen LogP contribution is 2.37. The number of rotatable bonds is 6. The number of aliphatic hydroxyl groups excluding tert-OH is 1. The molecule has 2 atom stereocenters. The van der Waals surface area contributed by atoms with Gasteiger partial charge in [0.2, 0.25) is 10.0 Å². The molecule has 0 unspecified atom stereocenters. The molecule has 0 radical (unpaired) electrons. The first-order chi connectivity index (χ1) is 12.8. The minimum Gasteiger partial charge on any atom is -0.396 e. The molecule has 1 fully saturated rings. The van der Waals surface area contributed by atoms with Gasteiger partial charge in [-0.2, -0.15) is 0 Å². The van der Waals surface area contributed by atoms with Gasteiger partial charge in [0, 0.05) is 25.6 Å². The quantitative estimate of drug-likeness (QED) is 0.753. The summed E-state index contributed by atoms with van der Waals surface area (Å²) in [7, 11) is -3.37. The topological polar surface area (TPSA) is 99.2 Å². The summed E-state index contributed by atoms with van der Waals surface area (Å²) in [6.07, 6.45) is 1.96. The molecule has 7 nitrogen and oxygen atoms in total. The second-order valence-corrected chi connectivity index (χ2v) is 9.22. The molecule has 3 heterocycles. The van der Waals surface area contributed by atoms with Crippen molar-refractivity contribution in [3.8, 4) is 11.5 Å². The van der Waals surface area contributed by atoms with E-state index in [4.69, 9.17) is 16.7 Å². The Morgan fingerprint density at radius 1 is 1.44 bits per heavy atom. The van der Waals surface area contributed by atoms with Crippen LogP contribution in [-0.4, -0.2) is 58.2 Å². The molecule has 10 heteroatoms. The Morgan fingerprint density at radius 2 is 2.22 bits per heavy atom. The SMILES string of the molecule is C[C@@H]1CN(S(=O)(=O)CCCO)CC[C@@H]1c1[nH]c(-c2ccc(F)cn2)nc1Cl. The smallest absolute Gasteiger partial charge is 0.214 e. The molecule has 27 heavy (non-hydrogen) atoms. The van der Waals surface area contributed by atoms with Crippen molar-refractivity contribution in [3.05, 3.63) is 35.0 Å². The van der Waals surface area contributed by atoms with Gasteiger partial charge in [0.1, 0.15) is 11.5 Å². The van der Waals surface area contributed by atoms with Crippen molar-refractivity contribution in [1.29, 1.82) is 0 Å². The second kappa shape index (κ2) is 8.22. The van der Waals surface area contributed by atoms with Crippen molar-refractivity contribution < 1.29 is 17.9 Å². The average molecular weight is 417 g/mol. The fourth-order valence-corrected chi connectivity index (χ4v) is 5.28. The van der Waals surface area contributed by atoms with Gasteiger partial charge in [-0.25, -0.2) is 27.1 Å². The standard InChI is InChI=1S/C17H22ClFN4O3S/c1-11-10-23(27(25,26)8-2-7-24)6-5-13(11)15-16(18)22-17(21-15)14-4-3-12(19)9-20-14/h3-4,9,11,13,24H,2,5-8,10H2,1H3,(H,21,22)/t11-,13+/m1/s1. The summed E-state index contributed by atoms with van der Waals surface area (Å²) < 4.78 is 39.2. The molecule has 0 amide bonds. The zero-order valence-corrected chi connectivity index (χ0v) is 16.5. The summed E-state index contributed by atoms with van der Waals surface area (Å²) in [5, 5.41) is 9.20. The van der Waals surface area contributed by atoms with Crippen LogP contribution < -0.4 is 0 Å². The van der Waals surface area contributed by atoms with E-state index in [9.17, 15) is 12.8 Å². The maximum absolute atomic E-state index is 13.1. The summed E-state index contributed by atoms with van der Waals surface area (Å²) in [5.41, 5.74) is 1.24. The van der Waals surface area contributed by atoms with Gasteiger partial charge < -0.3 is 10.1 Å². The van der Waals surface area contributed by atoms with E-state index in [1.165, 1.54) is 16.4 Å².